The van der Waals surface area contributed by atoms with E-state index in [-0.39, 0.29) is 56.6 Å². The summed E-state index contributed by atoms with van der Waals surface area (Å²) in [6.45, 7) is 15.2. The van der Waals surface area contributed by atoms with Gasteiger partial charge in [-0.1, -0.05) is 12.1 Å². The first-order chi connectivity index (χ1) is 68.4. The summed E-state index contributed by atoms with van der Waals surface area (Å²) < 4.78 is 106. The van der Waals surface area contributed by atoms with Crippen LogP contribution in [0.4, 0.5) is 0 Å². The third kappa shape index (κ3) is 18.9. The Bertz CT molecular complexity index is 5910. The highest BCUT2D eigenvalue weighted by molar-refractivity contribution is 5.65. The fourth-order valence-electron chi connectivity index (χ4n) is 24.2. The van der Waals surface area contributed by atoms with E-state index < -0.39 is 0 Å². The van der Waals surface area contributed by atoms with Gasteiger partial charge in [-0.15, -0.1) is 0 Å². The third-order valence-electron chi connectivity index (χ3n) is 31.3. The third-order valence-corrected chi connectivity index (χ3v) is 31.3. The highest BCUT2D eigenvalue weighted by Gasteiger charge is 2.46. The molecule has 28 heteroatoms. The van der Waals surface area contributed by atoms with Crippen molar-refractivity contribution in [1.29, 1.82) is 0 Å². The molecule has 0 aliphatic carbocycles. The van der Waals surface area contributed by atoms with E-state index >= 15 is 0 Å². The van der Waals surface area contributed by atoms with Gasteiger partial charge in [0.1, 0.15) is 57.5 Å². The summed E-state index contributed by atoms with van der Waals surface area (Å²) in [5.41, 5.74) is 28.2. The van der Waals surface area contributed by atoms with Crippen molar-refractivity contribution in [3.63, 3.8) is 0 Å². The van der Waals surface area contributed by atoms with Crippen molar-refractivity contribution in [3.05, 3.63) is 237 Å². The maximum atomic E-state index is 10.1. The molecule has 10 aromatic carbocycles. The Labute approximate surface area is 829 Å². The molecule has 0 bridgehead atoms. The summed E-state index contributed by atoms with van der Waals surface area (Å²) in [5, 5.41) is 40.2. The maximum Gasteiger partial charge on any atom is 0.203 e. The van der Waals surface area contributed by atoms with E-state index in [1.807, 2.05) is 36.4 Å². The molecule has 20 rings (SSSR count). The van der Waals surface area contributed by atoms with Crippen molar-refractivity contribution < 1.29 is 110 Å². The first kappa shape index (κ1) is 102. The number of nitrogens with zero attached hydrogens (tertiary/aromatic N) is 5. The number of hydrogen-bond donors (Lipinski definition) is 4. The second-order valence-corrected chi connectivity index (χ2v) is 37.9. The fourth-order valence-corrected chi connectivity index (χ4v) is 24.2. The van der Waals surface area contributed by atoms with Crippen molar-refractivity contribution in [1.82, 2.24) is 24.5 Å². The minimum atomic E-state index is -0.0590. The van der Waals surface area contributed by atoms with Gasteiger partial charge in [0.2, 0.25) is 5.75 Å². The van der Waals surface area contributed by atoms with Crippen molar-refractivity contribution in [2.24, 2.45) is 0 Å². The monoisotopic (exact) mass is 1940 g/mol. The lowest BCUT2D eigenvalue weighted by Crippen LogP contribution is -2.45. The minimum Gasteiger partial charge on any atom is -0.497 e. The lowest BCUT2D eigenvalue weighted by Gasteiger charge is -2.46. The van der Waals surface area contributed by atoms with E-state index in [0.717, 1.165) is 227 Å². The van der Waals surface area contributed by atoms with Crippen LogP contribution in [-0.4, -0.2) is 210 Å². The first-order valence-corrected chi connectivity index (χ1v) is 48.5. The molecule has 10 aromatic rings. The van der Waals surface area contributed by atoms with Gasteiger partial charge in [0, 0.05) is 167 Å². The van der Waals surface area contributed by atoms with Crippen LogP contribution in [0.2, 0.25) is 0 Å². The van der Waals surface area contributed by atoms with Gasteiger partial charge in [-0.3, -0.25) is 24.5 Å². The molecule has 0 fully saturated rings. The molecule has 756 valence electrons. The van der Waals surface area contributed by atoms with E-state index in [2.05, 4.69) is 126 Å². The van der Waals surface area contributed by atoms with E-state index in [1.54, 1.807) is 135 Å². The molecular formula is C113H141N5O23. The van der Waals surface area contributed by atoms with Crippen LogP contribution < -0.4 is 90.0 Å². The number of ether oxygens (including phenoxy) is 19. The molecular weight excluding hydrogens is 1800 g/mol. The van der Waals surface area contributed by atoms with Gasteiger partial charge in [-0.05, 0) is 249 Å². The Hall–Kier alpha value is -12.0. The lowest BCUT2D eigenvalue weighted by atomic mass is 9.79. The van der Waals surface area contributed by atoms with Crippen LogP contribution in [0.25, 0.3) is 0 Å². The quantitative estimate of drug-likeness (QED) is 0.0463. The Kier molecular flexibility index (Phi) is 31.7. The highest BCUT2D eigenvalue weighted by atomic mass is 16.5. The number of hydrogen-bond acceptors (Lipinski definition) is 28. The number of aliphatic hydroxyl groups is 4. The second-order valence-electron chi connectivity index (χ2n) is 37.9. The SMILES string of the molecule is COc1cc2c(cc1OC)[C@@H]1Cc3c(CO)c(OC)cc(OC)c3CN1[C@@H](C)C2.COc1cc2c(cc1OC)[C@@H]1Cc3c(CO)c(OC)cc(OC)c3CN1[C@H](C)C2.COc1cc2c(cc1OC)[C@@H]1Cc3cc(OC)c(OC)c(OC)c3CN1[C@@H](C)C2.COc1ccc2c(c1)C[C@@H](C)N1Cc3c(OC)cc(OC)c(CO)c3C[C@@H]21.COc1ccc2c(c1)C[C@H](C)N1Cc3c(OC)cc(OC)c(CO)c3C[C@@H]21. The van der Waals surface area contributed by atoms with Crippen LogP contribution in [0.5, 0.6) is 109 Å². The minimum absolute atomic E-state index is 0.0345. The van der Waals surface area contributed by atoms with Crippen LogP contribution in [0, 0.1) is 0 Å². The van der Waals surface area contributed by atoms with Crippen LogP contribution in [0.3, 0.4) is 0 Å². The van der Waals surface area contributed by atoms with Crippen molar-refractivity contribution in [3.8, 4) is 109 Å². The smallest absolute Gasteiger partial charge is 0.203 e. The summed E-state index contributed by atoms with van der Waals surface area (Å²) in [7, 11) is 31.8. The van der Waals surface area contributed by atoms with Gasteiger partial charge < -0.3 is 110 Å². The van der Waals surface area contributed by atoms with Gasteiger partial charge in [0.15, 0.2) is 46.0 Å². The molecule has 28 nitrogen and oxygen atoms in total. The molecule has 0 amide bonds. The van der Waals surface area contributed by atoms with E-state index in [9.17, 15) is 20.4 Å². The first-order valence-electron chi connectivity index (χ1n) is 48.5. The summed E-state index contributed by atoms with van der Waals surface area (Å²) in [4.78, 5) is 12.7. The standard InChI is InChI=1S/3C23H29NO5.2C22H27NO4/c1-13-7-14-9-19(25-2)20(26-3)11-16(14)18-8-15-10-21(27-4)23(29-6)22(28-5)17(15)12-24(13)18;2*1-13-6-14-7-22(28-4)23(29-5)9-15(14)19-8-16-17(11-24(13)19)20(26-2)10-21(27-3)18(16)12-25;2*1-13-7-14-8-15(25-2)5-6-16(14)20-9-17-18(11-23(13)20)21(26-3)10-22(27-4)19(17)12-24/h9-11,13,18H,7-8,12H2,1-6H3;2*7,9-10,13,19,25H,6,8,11-12H2,1-5H3;2*5-6,8,10,13,20,24H,7,9,11-12H2,1-4H3/t13-,18-;13-,19+;13-,19-;13-,20+;13-,20-/m01010/s1. The molecule has 0 radical (unpaired) electrons. The van der Waals surface area contributed by atoms with Crippen molar-refractivity contribution >= 4 is 0 Å². The van der Waals surface area contributed by atoms with Gasteiger partial charge in [-0.2, -0.15) is 0 Å². The molecule has 141 heavy (non-hydrogen) atoms. The zero-order valence-corrected chi connectivity index (χ0v) is 86.3. The number of benzene rings is 10. The maximum absolute atomic E-state index is 10.1. The molecule has 0 unspecified atom stereocenters. The van der Waals surface area contributed by atoms with Crippen LogP contribution in [-0.2, 0) is 123 Å². The Morgan fingerprint density at radius 1 is 0.199 bits per heavy atom. The summed E-state index contributed by atoms with van der Waals surface area (Å²) >= 11 is 0. The van der Waals surface area contributed by atoms with Gasteiger partial charge in [0.25, 0.3) is 0 Å². The molecule has 10 heterocycles. The number of fused-ring (bicyclic) bond motifs is 20. The van der Waals surface area contributed by atoms with Gasteiger partial charge >= 0.3 is 0 Å². The number of methoxy groups -OCH3 is 19. The Morgan fingerprint density at radius 3 is 0.667 bits per heavy atom. The second kappa shape index (κ2) is 43.9. The topological polar surface area (TPSA) is 272 Å². The molecule has 10 aliphatic rings. The van der Waals surface area contributed by atoms with E-state index in [4.69, 9.17) is 90.0 Å². The molecule has 10 atom stereocenters. The molecule has 0 saturated carbocycles. The molecule has 0 aromatic heterocycles. The van der Waals surface area contributed by atoms with Gasteiger partial charge in [-0.25, -0.2) is 0 Å². The van der Waals surface area contributed by atoms with Crippen LogP contribution in [0.1, 0.15) is 198 Å². The Morgan fingerprint density at radius 2 is 0.426 bits per heavy atom. The zero-order valence-electron chi connectivity index (χ0n) is 86.3. The number of aliphatic hydroxyl groups excluding tert-OH is 4. The normalized spacial score (nSPS) is 20.6. The predicted molar refractivity (Wildman–Crippen MR) is 538 cm³/mol. The summed E-state index contributed by atoms with van der Waals surface area (Å²) in [5.74, 6) is 14.6. The lowest BCUT2D eigenvalue weighted by molar-refractivity contribution is 0.103. The predicted octanol–water partition coefficient (Wildman–Crippen LogP) is 16.8. The largest absolute Gasteiger partial charge is 0.497 e. The van der Waals surface area contributed by atoms with Crippen molar-refractivity contribution in [2.75, 3.05) is 135 Å². The summed E-state index contributed by atoms with van der Waals surface area (Å²) in [6.07, 6.45) is 8.99. The van der Waals surface area contributed by atoms with Crippen LogP contribution in [0.15, 0.2) is 103 Å². The average molecular weight is 1940 g/mol. The Balaban J connectivity index is 0.000000127. The van der Waals surface area contributed by atoms with Gasteiger partial charge in [0.05, 0.1) is 162 Å². The molecule has 0 saturated heterocycles. The summed E-state index contributed by atoms with van der Waals surface area (Å²) in [6, 6.07) is 38.4. The molecule has 10 aliphatic heterocycles. The fraction of sp³-hybridized carbons (Fsp3) is 0.469. The molecule has 4 N–H and O–H groups in total. The van der Waals surface area contributed by atoms with E-state index in [0.29, 0.717) is 64.7 Å². The van der Waals surface area contributed by atoms with E-state index in [1.165, 1.54) is 77.9 Å². The molecule has 0 spiro atoms. The van der Waals surface area contributed by atoms with Crippen LogP contribution >= 0.6 is 0 Å². The highest BCUT2D eigenvalue weighted by Crippen LogP contribution is 2.56. The van der Waals surface area contributed by atoms with Crippen molar-refractivity contribution in [2.45, 2.75) is 218 Å². The zero-order chi connectivity index (χ0) is 100. The average Bonchev–Trinajstić information content (AvgIpc) is 0.754. The number of rotatable bonds is 23.